The number of unbranched alkanes of at least 4 members (excludes halogenated alkanes) is 4. The molecule has 1 aliphatic heterocycles. The number of hydroxylamine groups is 2. The second-order valence-electron chi connectivity index (χ2n) is 11.2. The number of ether oxygens (including phenoxy) is 1. The fourth-order valence-corrected chi connectivity index (χ4v) is 5.05. The lowest BCUT2D eigenvalue weighted by Gasteiger charge is -2.29. The van der Waals surface area contributed by atoms with Crippen molar-refractivity contribution in [2.24, 2.45) is 0 Å². The van der Waals surface area contributed by atoms with Crippen LogP contribution < -0.4 is 10.6 Å². The first-order valence-electron chi connectivity index (χ1n) is 14.9. The van der Waals surface area contributed by atoms with Crippen LogP contribution in [0.4, 0.5) is 4.79 Å². The number of hydrogen-bond donors (Lipinski definition) is 5. The molecule has 0 radical (unpaired) electrons. The molecule has 1 aliphatic rings. The van der Waals surface area contributed by atoms with Crippen molar-refractivity contribution in [2.45, 2.75) is 83.5 Å². The quantitative estimate of drug-likeness (QED) is 0.121. The number of hydrogen-bond acceptors (Lipinski definition) is 9. The standard InChI is InChI=1S/C32H45N3O8/c1-23(37)43-35-31(41)34-30(40)32(35,2)20-25-12-9-11-24(18-25)10-5-8-17-42-16-7-4-3-6-15-33-21-29(39)26-13-14-28(38)27(19-26)22-36/h9,11-14,18-19,29,33,36,38-39H,3-8,10,15-17,20-22H2,1-2H3,(H,34,40,41)/t29-,32+/m0/s1. The second-order valence-corrected chi connectivity index (χ2v) is 11.2. The van der Waals surface area contributed by atoms with E-state index in [1.54, 1.807) is 19.1 Å². The Kier molecular flexibility index (Phi) is 13.4. The fraction of sp³-hybridized carbons (Fsp3) is 0.531. The van der Waals surface area contributed by atoms with Gasteiger partial charge in [0.1, 0.15) is 5.75 Å². The third-order valence-corrected chi connectivity index (χ3v) is 7.49. The number of rotatable bonds is 19. The topological polar surface area (TPSA) is 158 Å². The molecule has 0 saturated carbocycles. The van der Waals surface area contributed by atoms with Crippen molar-refractivity contribution >= 4 is 17.9 Å². The van der Waals surface area contributed by atoms with E-state index in [1.165, 1.54) is 13.0 Å². The van der Waals surface area contributed by atoms with Gasteiger partial charge in [-0.1, -0.05) is 43.2 Å². The van der Waals surface area contributed by atoms with Gasteiger partial charge in [0.2, 0.25) is 0 Å². The molecule has 11 heteroatoms. The predicted octanol–water partition coefficient (Wildman–Crippen LogP) is 3.44. The highest BCUT2D eigenvalue weighted by atomic mass is 16.7. The van der Waals surface area contributed by atoms with Gasteiger partial charge in [-0.2, -0.15) is 0 Å². The molecule has 0 unspecified atom stereocenters. The third kappa shape index (κ3) is 10.3. The van der Waals surface area contributed by atoms with Crippen LogP contribution in [0.2, 0.25) is 0 Å². The average molecular weight is 600 g/mol. The molecule has 1 saturated heterocycles. The van der Waals surface area contributed by atoms with Gasteiger partial charge in [0.05, 0.1) is 12.7 Å². The molecule has 2 aromatic rings. The number of carbonyl (C=O) groups excluding carboxylic acids is 3. The molecule has 2 aromatic carbocycles. The van der Waals surface area contributed by atoms with E-state index < -0.39 is 29.6 Å². The van der Waals surface area contributed by atoms with Crippen LogP contribution in [0.15, 0.2) is 42.5 Å². The van der Waals surface area contributed by atoms with E-state index in [2.05, 4.69) is 10.6 Å². The number of aliphatic hydroxyl groups excluding tert-OH is 2. The summed E-state index contributed by atoms with van der Waals surface area (Å²) in [6, 6.07) is 11.9. The number of urea groups is 1. The first-order valence-corrected chi connectivity index (χ1v) is 14.9. The van der Waals surface area contributed by atoms with Gasteiger partial charge in [0.25, 0.3) is 5.91 Å². The van der Waals surface area contributed by atoms with Gasteiger partial charge in [0.15, 0.2) is 5.54 Å². The molecule has 43 heavy (non-hydrogen) atoms. The third-order valence-electron chi connectivity index (χ3n) is 7.49. The van der Waals surface area contributed by atoms with Crippen LogP contribution in [0.3, 0.4) is 0 Å². The normalized spacial score (nSPS) is 17.3. The monoisotopic (exact) mass is 599 g/mol. The van der Waals surface area contributed by atoms with Crippen LogP contribution in [-0.4, -0.2) is 70.1 Å². The smallest absolute Gasteiger partial charge is 0.358 e. The minimum absolute atomic E-state index is 0.0256. The summed E-state index contributed by atoms with van der Waals surface area (Å²) >= 11 is 0. The maximum Gasteiger partial charge on any atom is 0.358 e. The summed E-state index contributed by atoms with van der Waals surface area (Å²) in [5.41, 5.74) is 1.76. The molecule has 0 bridgehead atoms. The van der Waals surface area contributed by atoms with E-state index in [0.717, 1.165) is 74.3 Å². The van der Waals surface area contributed by atoms with Crippen molar-refractivity contribution in [3.8, 4) is 5.75 Å². The highest BCUT2D eigenvalue weighted by Gasteiger charge is 2.52. The van der Waals surface area contributed by atoms with E-state index in [9.17, 15) is 29.7 Å². The van der Waals surface area contributed by atoms with Gasteiger partial charge in [0, 0.05) is 38.7 Å². The molecule has 236 valence electrons. The van der Waals surface area contributed by atoms with Gasteiger partial charge in [-0.15, -0.1) is 5.06 Å². The molecule has 2 atom stereocenters. The van der Waals surface area contributed by atoms with E-state index in [4.69, 9.17) is 9.57 Å². The van der Waals surface area contributed by atoms with Crippen LogP contribution in [0, 0.1) is 0 Å². The molecule has 3 amide bonds. The van der Waals surface area contributed by atoms with Crippen molar-refractivity contribution in [3.63, 3.8) is 0 Å². The SMILES string of the molecule is CC(=O)ON1C(=O)NC(=O)[C@@]1(C)Cc1cccc(CCCCOCCCCCCNC[C@H](O)c2ccc(O)c(CO)c2)c1. The summed E-state index contributed by atoms with van der Waals surface area (Å²) in [5.74, 6) is -1.14. The molecule has 11 nitrogen and oxygen atoms in total. The molecule has 3 rings (SSSR count). The largest absolute Gasteiger partial charge is 0.508 e. The van der Waals surface area contributed by atoms with Gasteiger partial charge < -0.3 is 30.2 Å². The van der Waals surface area contributed by atoms with E-state index in [-0.39, 0.29) is 18.8 Å². The Morgan fingerprint density at radius 3 is 2.49 bits per heavy atom. The zero-order chi connectivity index (χ0) is 31.2. The van der Waals surface area contributed by atoms with Crippen molar-refractivity contribution in [1.82, 2.24) is 15.7 Å². The number of benzene rings is 2. The lowest BCUT2D eigenvalue weighted by Crippen LogP contribution is -2.49. The number of phenols is 1. The Morgan fingerprint density at radius 2 is 1.74 bits per heavy atom. The zero-order valence-corrected chi connectivity index (χ0v) is 25.1. The number of nitrogens with zero attached hydrogens (tertiary/aromatic N) is 1. The van der Waals surface area contributed by atoms with Crippen LogP contribution in [-0.2, 0) is 38.6 Å². The predicted molar refractivity (Wildman–Crippen MR) is 160 cm³/mol. The number of carbonyl (C=O) groups is 3. The number of aryl methyl sites for hydroxylation is 1. The minimum Gasteiger partial charge on any atom is -0.508 e. The van der Waals surface area contributed by atoms with Crippen molar-refractivity contribution in [1.29, 1.82) is 0 Å². The lowest BCUT2D eigenvalue weighted by atomic mass is 9.91. The zero-order valence-electron chi connectivity index (χ0n) is 25.1. The summed E-state index contributed by atoms with van der Waals surface area (Å²) in [5, 5.41) is 35.5. The van der Waals surface area contributed by atoms with E-state index >= 15 is 0 Å². The van der Waals surface area contributed by atoms with Gasteiger partial charge in [-0.05, 0) is 74.4 Å². The number of nitrogens with one attached hydrogen (secondary N) is 2. The average Bonchev–Trinajstić information content (AvgIpc) is 3.17. The summed E-state index contributed by atoms with van der Waals surface area (Å²) < 4.78 is 5.79. The summed E-state index contributed by atoms with van der Waals surface area (Å²) in [4.78, 5) is 41.0. The van der Waals surface area contributed by atoms with Gasteiger partial charge in [-0.3, -0.25) is 14.9 Å². The van der Waals surface area contributed by atoms with Crippen molar-refractivity contribution in [2.75, 3.05) is 26.3 Å². The number of aromatic hydroxyl groups is 1. The summed E-state index contributed by atoms with van der Waals surface area (Å²) in [7, 11) is 0. The van der Waals surface area contributed by atoms with Gasteiger partial charge >= 0.3 is 12.0 Å². The lowest BCUT2D eigenvalue weighted by molar-refractivity contribution is -0.189. The van der Waals surface area contributed by atoms with Crippen molar-refractivity contribution in [3.05, 3.63) is 64.7 Å². The fourth-order valence-electron chi connectivity index (χ4n) is 5.05. The molecule has 5 N–H and O–H groups in total. The molecule has 0 aliphatic carbocycles. The maximum absolute atomic E-state index is 12.5. The van der Waals surface area contributed by atoms with Crippen LogP contribution >= 0.6 is 0 Å². The summed E-state index contributed by atoms with van der Waals surface area (Å²) in [6.45, 7) is 5.15. The molecule has 0 aromatic heterocycles. The highest BCUT2D eigenvalue weighted by Crippen LogP contribution is 2.27. The Hall–Kier alpha value is -3.51. The molecule has 1 fully saturated rings. The Balaban J connectivity index is 1.23. The van der Waals surface area contributed by atoms with Crippen LogP contribution in [0.1, 0.15) is 80.7 Å². The van der Waals surface area contributed by atoms with E-state index in [1.807, 2.05) is 24.3 Å². The number of amides is 3. The van der Waals surface area contributed by atoms with E-state index in [0.29, 0.717) is 24.3 Å². The molecular formula is C32H45N3O8. The summed E-state index contributed by atoms with van der Waals surface area (Å²) in [6.07, 6.45) is 6.44. The van der Waals surface area contributed by atoms with Crippen molar-refractivity contribution < 1.29 is 39.3 Å². The highest BCUT2D eigenvalue weighted by molar-refractivity contribution is 6.06. The Labute approximate surface area is 253 Å². The Bertz CT molecular complexity index is 1220. The second kappa shape index (κ2) is 17.0. The first-order chi connectivity index (χ1) is 20.6. The first kappa shape index (κ1) is 34.0. The maximum atomic E-state index is 12.5. The molecular weight excluding hydrogens is 554 g/mol. The van der Waals surface area contributed by atoms with Crippen LogP contribution in [0.5, 0.6) is 5.75 Å². The molecule has 0 spiro atoms. The number of imide groups is 1. The molecule has 1 heterocycles. The Morgan fingerprint density at radius 1 is 1.02 bits per heavy atom. The number of aliphatic hydroxyl groups is 2. The van der Waals surface area contributed by atoms with Crippen LogP contribution in [0.25, 0.3) is 0 Å². The minimum atomic E-state index is -1.31. The van der Waals surface area contributed by atoms with Gasteiger partial charge in [-0.25, -0.2) is 4.79 Å².